The molecule has 1 aliphatic rings. The predicted octanol–water partition coefficient (Wildman–Crippen LogP) is 3.56. The molecule has 2 N–H and O–H groups in total. The van der Waals surface area contributed by atoms with Gasteiger partial charge in [-0.25, -0.2) is 4.39 Å². The van der Waals surface area contributed by atoms with Crippen molar-refractivity contribution in [3.8, 4) is 11.4 Å². The number of nitrogens with one attached hydrogen (secondary N) is 2. The van der Waals surface area contributed by atoms with Crippen LogP contribution in [0.15, 0.2) is 22.7 Å². The highest BCUT2D eigenvalue weighted by atomic mass is 35.5. The Bertz CT molecular complexity index is 762. The number of carbonyl (C=O) groups is 1. The van der Waals surface area contributed by atoms with Gasteiger partial charge in [0.25, 0.3) is 0 Å². The van der Waals surface area contributed by atoms with Gasteiger partial charge in [0.2, 0.25) is 17.6 Å². The highest BCUT2D eigenvalue weighted by Gasteiger charge is 2.19. The van der Waals surface area contributed by atoms with Crippen molar-refractivity contribution in [1.82, 2.24) is 20.8 Å². The number of rotatable bonds is 6. The molecule has 0 spiro atoms. The molecule has 2 aromatic rings. The molecule has 1 unspecified atom stereocenters. The minimum atomic E-state index is -0.363. The number of hydrogen-bond donors (Lipinski definition) is 2. The van der Waals surface area contributed by atoms with E-state index in [2.05, 4.69) is 20.8 Å². The Morgan fingerprint density at radius 1 is 1.41 bits per heavy atom. The lowest BCUT2D eigenvalue weighted by atomic mass is 9.93. The van der Waals surface area contributed by atoms with Gasteiger partial charge in [0.1, 0.15) is 11.9 Å². The van der Waals surface area contributed by atoms with Gasteiger partial charge in [-0.1, -0.05) is 5.16 Å². The van der Waals surface area contributed by atoms with Gasteiger partial charge < -0.3 is 15.2 Å². The molecule has 1 aromatic carbocycles. The third kappa shape index (κ3) is 5.74. The molecule has 6 nitrogen and oxygen atoms in total. The second-order valence-electron chi connectivity index (χ2n) is 6.94. The van der Waals surface area contributed by atoms with Crippen LogP contribution in [0.2, 0.25) is 0 Å². The topological polar surface area (TPSA) is 80.0 Å². The number of hydrogen-bond acceptors (Lipinski definition) is 5. The van der Waals surface area contributed by atoms with Crippen LogP contribution >= 0.6 is 12.4 Å². The molecule has 8 heteroatoms. The molecule has 0 saturated carbocycles. The first-order chi connectivity index (χ1) is 12.5. The standard InChI is InChI=1S/C19H25FN4O2.ClH/c1-12-11-15(4-5-16(12)20)18-23-19(26-24-18)13(2)22-17(25)6-3-14-7-9-21-10-8-14;/h4-5,11,13-14,21H,3,6-10H2,1-2H3,(H,22,25);1H. The molecule has 0 aliphatic carbocycles. The summed E-state index contributed by atoms with van der Waals surface area (Å²) in [5, 5.41) is 10.2. The third-order valence-electron chi connectivity index (χ3n) is 4.84. The predicted molar refractivity (Wildman–Crippen MR) is 103 cm³/mol. The zero-order chi connectivity index (χ0) is 18.5. The molecule has 148 valence electrons. The molecular weight excluding hydrogens is 371 g/mol. The summed E-state index contributed by atoms with van der Waals surface area (Å²) < 4.78 is 18.7. The summed E-state index contributed by atoms with van der Waals surface area (Å²) in [6, 6.07) is 4.30. The summed E-state index contributed by atoms with van der Waals surface area (Å²) in [5.41, 5.74) is 1.21. The van der Waals surface area contributed by atoms with E-state index in [4.69, 9.17) is 4.52 Å². The summed E-state index contributed by atoms with van der Waals surface area (Å²) in [6.45, 7) is 5.58. The smallest absolute Gasteiger partial charge is 0.249 e. The fourth-order valence-electron chi connectivity index (χ4n) is 3.19. The van der Waals surface area contributed by atoms with Crippen molar-refractivity contribution in [2.45, 2.75) is 45.6 Å². The second-order valence-corrected chi connectivity index (χ2v) is 6.94. The van der Waals surface area contributed by atoms with E-state index in [1.54, 1.807) is 19.1 Å². The summed E-state index contributed by atoms with van der Waals surface area (Å²) in [6.07, 6.45) is 3.68. The van der Waals surface area contributed by atoms with Crippen molar-refractivity contribution < 1.29 is 13.7 Å². The van der Waals surface area contributed by atoms with Crippen molar-refractivity contribution in [3.05, 3.63) is 35.5 Å². The van der Waals surface area contributed by atoms with Crippen LogP contribution < -0.4 is 10.6 Å². The van der Waals surface area contributed by atoms with E-state index >= 15 is 0 Å². The van der Waals surface area contributed by atoms with Crippen LogP contribution in [0.5, 0.6) is 0 Å². The number of aryl methyl sites for hydroxylation is 1. The fourth-order valence-corrected chi connectivity index (χ4v) is 3.19. The highest BCUT2D eigenvalue weighted by Crippen LogP contribution is 2.22. The highest BCUT2D eigenvalue weighted by molar-refractivity contribution is 5.85. The van der Waals surface area contributed by atoms with Crippen molar-refractivity contribution in [1.29, 1.82) is 0 Å². The van der Waals surface area contributed by atoms with Gasteiger partial charge in [-0.3, -0.25) is 4.79 Å². The minimum absolute atomic E-state index is 0. The summed E-state index contributed by atoms with van der Waals surface area (Å²) >= 11 is 0. The van der Waals surface area contributed by atoms with Crippen LogP contribution in [0.3, 0.4) is 0 Å². The summed E-state index contributed by atoms with van der Waals surface area (Å²) in [4.78, 5) is 16.5. The minimum Gasteiger partial charge on any atom is -0.345 e. The van der Waals surface area contributed by atoms with E-state index < -0.39 is 0 Å². The largest absolute Gasteiger partial charge is 0.345 e. The molecule has 3 rings (SSSR count). The molecule has 27 heavy (non-hydrogen) atoms. The Labute approximate surface area is 164 Å². The first kappa shape index (κ1) is 21.3. The van der Waals surface area contributed by atoms with Crippen molar-refractivity contribution >= 4 is 18.3 Å². The van der Waals surface area contributed by atoms with Crippen molar-refractivity contribution in [2.75, 3.05) is 13.1 Å². The lowest BCUT2D eigenvalue weighted by Gasteiger charge is -2.22. The molecule has 1 atom stereocenters. The van der Waals surface area contributed by atoms with E-state index in [1.807, 2.05) is 6.92 Å². The molecule has 2 heterocycles. The first-order valence-corrected chi connectivity index (χ1v) is 9.13. The SMILES string of the molecule is Cc1cc(-c2noc(C(C)NC(=O)CCC3CCNCC3)n2)ccc1F.Cl. The van der Waals surface area contributed by atoms with Crippen LogP contribution in [0.4, 0.5) is 4.39 Å². The van der Waals surface area contributed by atoms with Crippen molar-refractivity contribution in [3.63, 3.8) is 0 Å². The van der Waals surface area contributed by atoms with Gasteiger partial charge in [-0.15, -0.1) is 12.4 Å². The molecule has 1 fully saturated rings. The maximum absolute atomic E-state index is 13.4. The van der Waals surface area contributed by atoms with Gasteiger partial charge in [0, 0.05) is 12.0 Å². The number of benzene rings is 1. The monoisotopic (exact) mass is 396 g/mol. The van der Waals surface area contributed by atoms with E-state index in [0.717, 1.165) is 32.4 Å². The van der Waals surface area contributed by atoms with Gasteiger partial charge in [-0.2, -0.15) is 4.98 Å². The molecular formula is C19H26ClFN4O2. The Morgan fingerprint density at radius 2 is 2.15 bits per heavy atom. The average molecular weight is 397 g/mol. The molecule has 0 bridgehead atoms. The zero-order valence-electron chi connectivity index (χ0n) is 15.6. The van der Waals surface area contributed by atoms with Crippen molar-refractivity contribution in [2.24, 2.45) is 5.92 Å². The van der Waals surface area contributed by atoms with E-state index in [-0.39, 0.29) is 30.2 Å². The molecule has 1 aromatic heterocycles. The number of amides is 1. The fraction of sp³-hybridized carbons (Fsp3) is 0.526. The summed E-state index contributed by atoms with van der Waals surface area (Å²) in [7, 11) is 0. The first-order valence-electron chi connectivity index (χ1n) is 9.13. The van der Waals surface area contributed by atoms with E-state index in [9.17, 15) is 9.18 Å². The van der Waals surface area contributed by atoms with Gasteiger partial charge in [-0.05, 0) is 75.9 Å². The van der Waals surface area contributed by atoms with Crippen LogP contribution in [0.25, 0.3) is 11.4 Å². The number of aromatic nitrogens is 2. The van der Waals surface area contributed by atoms with E-state index in [1.165, 1.54) is 6.07 Å². The maximum Gasteiger partial charge on any atom is 0.249 e. The average Bonchev–Trinajstić information content (AvgIpc) is 3.13. The number of piperidine rings is 1. The van der Waals surface area contributed by atoms with Crippen LogP contribution in [0, 0.1) is 18.7 Å². The second kappa shape index (κ2) is 9.80. The molecule has 0 radical (unpaired) electrons. The van der Waals surface area contributed by atoms with Gasteiger partial charge >= 0.3 is 0 Å². The van der Waals surface area contributed by atoms with Crippen LogP contribution in [-0.2, 0) is 4.79 Å². The van der Waals surface area contributed by atoms with Gasteiger partial charge in [0.15, 0.2) is 0 Å². The Balaban J connectivity index is 0.00000261. The molecule has 1 amide bonds. The lowest BCUT2D eigenvalue weighted by molar-refractivity contribution is -0.122. The summed E-state index contributed by atoms with van der Waals surface area (Å²) in [5.74, 6) is 1.07. The Kier molecular flexibility index (Phi) is 7.74. The number of nitrogens with zero attached hydrogens (tertiary/aromatic N) is 2. The maximum atomic E-state index is 13.4. The van der Waals surface area contributed by atoms with Crippen LogP contribution in [0.1, 0.15) is 50.1 Å². The molecule has 1 aliphatic heterocycles. The normalized spacial score (nSPS) is 15.8. The van der Waals surface area contributed by atoms with Gasteiger partial charge in [0.05, 0.1) is 0 Å². The molecule has 1 saturated heterocycles. The number of carbonyl (C=O) groups excluding carboxylic acids is 1. The zero-order valence-corrected chi connectivity index (χ0v) is 16.4. The van der Waals surface area contributed by atoms with Crippen LogP contribution in [-0.4, -0.2) is 29.1 Å². The Morgan fingerprint density at radius 3 is 2.85 bits per heavy atom. The number of halogens is 2. The quantitative estimate of drug-likeness (QED) is 0.780. The lowest BCUT2D eigenvalue weighted by Crippen LogP contribution is -2.30. The van der Waals surface area contributed by atoms with E-state index in [0.29, 0.717) is 35.2 Å². The third-order valence-corrected chi connectivity index (χ3v) is 4.84. The Hall–Kier alpha value is -1.99.